The normalized spacial score (nSPS) is 9.06. The van der Waals surface area contributed by atoms with Gasteiger partial charge in [0.1, 0.15) is 6.26 Å². The first-order chi connectivity index (χ1) is 8.22. The maximum Gasteiger partial charge on any atom is 0.412 e. The molecule has 0 aliphatic carbocycles. The summed E-state index contributed by atoms with van der Waals surface area (Å²) in [5, 5.41) is 2.65. The van der Waals surface area contributed by atoms with Gasteiger partial charge in [0.05, 0.1) is 0 Å². The largest absolute Gasteiger partial charge is 0.412 e. The molecule has 1 aromatic carbocycles. The number of hydrogen-bond acceptors (Lipinski definition) is 2. The topological polar surface area (TPSA) is 38.3 Å². The number of carbonyl (C=O) groups excluding carboxylic acids is 1. The lowest BCUT2D eigenvalue weighted by Gasteiger charge is -2.02. The quantitative estimate of drug-likeness (QED) is 0.637. The predicted octanol–water partition coefficient (Wildman–Crippen LogP) is 3.38. The highest BCUT2D eigenvalue weighted by molar-refractivity contribution is 5.67. The van der Waals surface area contributed by atoms with E-state index in [1.807, 2.05) is 44.2 Å². The van der Waals surface area contributed by atoms with Crippen LogP contribution in [-0.4, -0.2) is 6.09 Å². The Labute approximate surface area is 102 Å². The summed E-state index contributed by atoms with van der Waals surface area (Å²) in [5.41, 5.74) is 4.95. The van der Waals surface area contributed by atoms with Crippen LogP contribution in [0.4, 0.5) is 4.79 Å². The fourth-order valence-corrected chi connectivity index (χ4v) is 1.10. The van der Waals surface area contributed by atoms with Gasteiger partial charge in [0, 0.05) is 6.54 Å². The molecule has 0 saturated carbocycles. The van der Waals surface area contributed by atoms with E-state index in [-0.39, 0.29) is 0 Å². The summed E-state index contributed by atoms with van der Waals surface area (Å²) in [4.78, 5) is 11.3. The Kier molecular flexibility index (Phi) is 5.62. The Bertz CT molecular complexity index is 417. The number of benzene rings is 1. The molecule has 1 aromatic rings. The van der Waals surface area contributed by atoms with E-state index in [1.165, 1.54) is 6.26 Å². The highest BCUT2D eigenvalue weighted by atomic mass is 16.5. The molecule has 0 heterocycles. The molecule has 3 heteroatoms. The molecule has 0 aromatic heterocycles. The van der Waals surface area contributed by atoms with Crippen LogP contribution in [0.2, 0.25) is 0 Å². The smallest absolute Gasteiger partial charge is 0.410 e. The molecule has 90 valence electrons. The third-order valence-electron chi connectivity index (χ3n) is 2.28. The van der Waals surface area contributed by atoms with E-state index in [0.717, 1.165) is 17.6 Å². The van der Waals surface area contributed by atoms with Crippen LogP contribution in [0.15, 0.2) is 47.9 Å². The van der Waals surface area contributed by atoms with Crippen molar-refractivity contribution in [2.75, 3.05) is 0 Å². The monoisotopic (exact) mass is 231 g/mol. The van der Waals surface area contributed by atoms with Gasteiger partial charge in [-0.2, -0.15) is 0 Å². The number of alkyl carbamates (subject to hydrolysis) is 1. The summed E-state index contributed by atoms with van der Waals surface area (Å²) in [6.07, 6.45) is 1.72. The van der Waals surface area contributed by atoms with E-state index in [9.17, 15) is 4.79 Å². The van der Waals surface area contributed by atoms with Crippen molar-refractivity contribution in [2.45, 2.75) is 26.8 Å². The van der Waals surface area contributed by atoms with Gasteiger partial charge in [0.25, 0.3) is 0 Å². The van der Waals surface area contributed by atoms with Crippen LogP contribution >= 0.6 is 0 Å². The maximum absolute atomic E-state index is 11.3. The molecule has 0 aliphatic heterocycles. The van der Waals surface area contributed by atoms with Gasteiger partial charge >= 0.3 is 6.09 Å². The maximum atomic E-state index is 11.3. The number of nitrogens with one attached hydrogen (secondary N) is 1. The first-order valence-corrected chi connectivity index (χ1v) is 5.61. The van der Waals surface area contributed by atoms with Gasteiger partial charge in [-0.1, -0.05) is 43.0 Å². The third kappa shape index (κ3) is 5.59. The van der Waals surface area contributed by atoms with Crippen molar-refractivity contribution in [1.29, 1.82) is 0 Å². The third-order valence-corrected chi connectivity index (χ3v) is 2.28. The van der Waals surface area contributed by atoms with Crippen molar-refractivity contribution in [3.8, 4) is 0 Å². The van der Waals surface area contributed by atoms with Crippen molar-refractivity contribution >= 4 is 6.09 Å². The lowest BCUT2D eigenvalue weighted by Crippen LogP contribution is -2.21. The van der Waals surface area contributed by atoms with Crippen molar-refractivity contribution < 1.29 is 9.53 Å². The zero-order valence-corrected chi connectivity index (χ0v) is 10.2. The average Bonchev–Trinajstić information content (AvgIpc) is 2.37. The summed E-state index contributed by atoms with van der Waals surface area (Å²) < 4.78 is 4.83. The minimum absolute atomic E-state index is 0.462. The first-order valence-electron chi connectivity index (χ1n) is 5.61. The molecule has 0 unspecified atom stereocenters. The number of allylic oxidation sites excluding steroid dienone is 1. The zero-order chi connectivity index (χ0) is 12.5. The predicted molar refractivity (Wildman–Crippen MR) is 67.3 cm³/mol. The standard InChI is InChI=1S/C14H17NO2/c1-3-12(2)9-10-17-14(16)15-11-13-7-5-4-6-8-13/h4-8,10H,3,11H2,1-2H3,(H,15,16). The van der Waals surface area contributed by atoms with E-state index >= 15 is 0 Å². The van der Waals surface area contributed by atoms with Crippen LogP contribution in [0.5, 0.6) is 0 Å². The van der Waals surface area contributed by atoms with Crippen molar-refractivity contribution in [3.63, 3.8) is 0 Å². The van der Waals surface area contributed by atoms with Crippen molar-refractivity contribution in [3.05, 3.63) is 53.5 Å². The van der Waals surface area contributed by atoms with Gasteiger partial charge in [-0.15, -0.1) is 0 Å². The van der Waals surface area contributed by atoms with E-state index in [4.69, 9.17) is 4.74 Å². The SMILES string of the molecule is CCC(C)=C=COC(=O)NCc1ccccc1. The van der Waals surface area contributed by atoms with Crippen LogP contribution in [-0.2, 0) is 11.3 Å². The second kappa shape index (κ2) is 7.31. The molecule has 1 amide bonds. The van der Waals surface area contributed by atoms with Gasteiger partial charge < -0.3 is 10.1 Å². The van der Waals surface area contributed by atoms with Crippen LogP contribution in [0.25, 0.3) is 0 Å². The van der Waals surface area contributed by atoms with E-state index in [0.29, 0.717) is 6.54 Å². The van der Waals surface area contributed by atoms with Gasteiger partial charge in [-0.3, -0.25) is 0 Å². The first kappa shape index (κ1) is 13.1. The Morgan fingerprint density at radius 1 is 1.41 bits per heavy atom. The Balaban J connectivity index is 2.34. The minimum Gasteiger partial charge on any atom is -0.410 e. The molecular weight excluding hydrogens is 214 g/mol. The van der Waals surface area contributed by atoms with E-state index in [1.54, 1.807) is 0 Å². The fraction of sp³-hybridized carbons (Fsp3) is 0.286. The summed E-state index contributed by atoms with van der Waals surface area (Å²) in [7, 11) is 0. The molecule has 0 fully saturated rings. The second-order valence-electron chi connectivity index (χ2n) is 3.64. The van der Waals surface area contributed by atoms with Crippen molar-refractivity contribution in [1.82, 2.24) is 5.32 Å². The lowest BCUT2D eigenvalue weighted by molar-refractivity contribution is 0.185. The molecular formula is C14H17NO2. The molecule has 0 spiro atoms. The number of carbonyl (C=O) groups is 1. The summed E-state index contributed by atoms with van der Waals surface area (Å²) in [6, 6.07) is 9.67. The fourth-order valence-electron chi connectivity index (χ4n) is 1.10. The lowest BCUT2D eigenvalue weighted by atomic mass is 10.2. The summed E-state index contributed by atoms with van der Waals surface area (Å²) >= 11 is 0. The molecule has 17 heavy (non-hydrogen) atoms. The van der Waals surface area contributed by atoms with Gasteiger partial charge in [-0.25, -0.2) is 4.79 Å². The average molecular weight is 231 g/mol. The molecule has 1 rings (SSSR count). The van der Waals surface area contributed by atoms with Crippen LogP contribution in [0, 0.1) is 0 Å². The van der Waals surface area contributed by atoms with Crippen LogP contribution in [0.3, 0.4) is 0 Å². The molecule has 0 saturated heterocycles. The number of hydrogen-bond donors (Lipinski definition) is 1. The second-order valence-corrected chi connectivity index (χ2v) is 3.64. The number of ether oxygens (including phenoxy) is 1. The molecule has 0 bridgehead atoms. The molecule has 0 radical (unpaired) electrons. The number of amides is 1. The van der Waals surface area contributed by atoms with Gasteiger partial charge in [0.2, 0.25) is 0 Å². The van der Waals surface area contributed by atoms with E-state index in [2.05, 4.69) is 11.0 Å². The number of rotatable bonds is 4. The molecule has 3 nitrogen and oxygen atoms in total. The van der Waals surface area contributed by atoms with Gasteiger partial charge in [0.15, 0.2) is 0 Å². The highest BCUT2D eigenvalue weighted by Gasteiger charge is 1.98. The van der Waals surface area contributed by atoms with Gasteiger partial charge in [-0.05, 0) is 24.5 Å². The van der Waals surface area contributed by atoms with E-state index < -0.39 is 6.09 Å². The summed E-state index contributed by atoms with van der Waals surface area (Å²) in [6.45, 7) is 4.41. The zero-order valence-electron chi connectivity index (χ0n) is 10.2. The highest BCUT2D eigenvalue weighted by Crippen LogP contribution is 1.97. The van der Waals surface area contributed by atoms with Crippen LogP contribution in [0.1, 0.15) is 25.8 Å². The molecule has 0 atom stereocenters. The summed E-state index contributed by atoms with van der Waals surface area (Å²) in [5.74, 6) is 0. The Morgan fingerprint density at radius 2 is 2.12 bits per heavy atom. The molecule has 1 N–H and O–H groups in total. The van der Waals surface area contributed by atoms with Crippen LogP contribution < -0.4 is 5.32 Å². The Hall–Kier alpha value is -1.99. The Morgan fingerprint density at radius 3 is 2.76 bits per heavy atom. The minimum atomic E-state index is -0.467. The molecule has 0 aliphatic rings. The van der Waals surface area contributed by atoms with Crippen molar-refractivity contribution in [2.24, 2.45) is 0 Å².